The van der Waals surface area contributed by atoms with Gasteiger partial charge in [-0.05, 0) is 56.7 Å². The zero-order valence-electron chi connectivity index (χ0n) is 34.3. The van der Waals surface area contributed by atoms with Crippen molar-refractivity contribution in [3.63, 3.8) is 0 Å². The molecule has 2 bridgehead atoms. The second kappa shape index (κ2) is 15.4. The summed E-state index contributed by atoms with van der Waals surface area (Å²) in [4.78, 5) is 38.9. The molecular weight excluding hydrogens is 769 g/mol. The fraction of sp³-hybridized carbons (Fsp3) is 0.0339. The van der Waals surface area contributed by atoms with E-state index in [-0.39, 0.29) is 11.7 Å². The summed E-state index contributed by atoms with van der Waals surface area (Å²) in [6.45, 7) is 0. The van der Waals surface area contributed by atoms with E-state index in [0.29, 0.717) is 28.3 Å². The minimum absolute atomic E-state index is 0.0109. The third kappa shape index (κ3) is 5.65. The number of carbonyl (C=O) groups is 2. The maximum absolute atomic E-state index is 17.3. The van der Waals surface area contributed by atoms with Gasteiger partial charge in [0.25, 0.3) is 5.91 Å². The Labute approximate surface area is 366 Å². The van der Waals surface area contributed by atoms with Crippen LogP contribution in [0.4, 0.5) is 0 Å². The Kier molecular flexibility index (Phi) is 9.21. The fourth-order valence-electron chi connectivity index (χ4n) is 10.3. The average molecular weight is 809 g/mol. The Morgan fingerprint density at radius 2 is 0.683 bits per heavy atom. The molecule has 0 aliphatic heterocycles. The number of ketones is 1. The van der Waals surface area contributed by atoms with Crippen molar-refractivity contribution in [2.45, 2.75) is 10.8 Å². The molecule has 2 aliphatic carbocycles. The van der Waals surface area contributed by atoms with Gasteiger partial charge >= 0.3 is 0 Å². The molecule has 63 heavy (non-hydrogen) atoms. The van der Waals surface area contributed by atoms with Gasteiger partial charge in [-0.2, -0.15) is 0 Å². The van der Waals surface area contributed by atoms with Gasteiger partial charge in [0.1, 0.15) is 16.7 Å². The quantitative estimate of drug-likeness (QED) is 0.146. The highest BCUT2D eigenvalue weighted by atomic mass is 16.2. The standard InChI is InChI=1S/C59H40N2O2/c62-56(46-35-19-6-20-36-46)61-54(45-33-17-5-18-34-45)53(44-31-15-4-16-32-44)60-55(61)52-51(43-29-13-3-14-30-43)58(47-37-21-7-22-38-47)49(41-25-9-1-10-26-41)50(42-27-11-2-12-28-42)59(52,57(58)63)48-39-23-8-24-40-48/h1-40H/t58-,59+/m0/s1. The van der Waals surface area contributed by atoms with Crippen LogP contribution in [-0.2, 0) is 15.6 Å². The molecule has 0 N–H and O–H groups in total. The van der Waals surface area contributed by atoms with Gasteiger partial charge in [0.05, 0.1) is 11.4 Å². The summed E-state index contributed by atoms with van der Waals surface area (Å²) in [7, 11) is 0. The van der Waals surface area contributed by atoms with E-state index in [0.717, 1.165) is 55.7 Å². The fourth-order valence-corrected chi connectivity index (χ4v) is 10.3. The molecule has 1 heterocycles. The van der Waals surface area contributed by atoms with Crippen molar-refractivity contribution in [2.75, 3.05) is 0 Å². The molecule has 0 fully saturated rings. The second-order valence-corrected chi connectivity index (χ2v) is 16.0. The SMILES string of the molecule is O=C(c1ccccc1)n1c(C2=C(c3ccccc3)[C@@]3(c4ccccc4)C(=O)[C@]2(c2ccccc2)C(c2ccccc2)=C3c2ccccc2)nc(-c2ccccc2)c1-c1ccccc1. The van der Waals surface area contributed by atoms with Gasteiger partial charge in [-0.15, -0.1) is 0 Å². The van der Waals surface area contributed by atoms with Gasteiger partial charge in [-0.25, -0.2) is 4.98 Å². The van der Waals surface area contributed by atoms with Gasteiger partial charge in [-0.3, -0.25) is 14.2 Å². The highest BCUT2D eigenvalue weighted by Crippen LogP contribution is 2.74. The number of allylic oxidation sites excluding steroid dienone is 4. The molecular formula is C59H40N2O2. The zero-order chi connectivity index (χ0) is 42.4. The van der Waals surface area contributed by atoms with Crippen LogP contribution in [0.5, 0.6) is 0 Å². The summed E-state index contributed by atoms with van der Waals surface area (Å²) >= 11 is 0. The molecule has 0 spiro atoms. The van der Waals surface area contributed by atoms with E-state index in [2.05, 4.69) is 60.7 Å². The molecule has 2 atom stereocenters. The van der Waals surface area contributed by atoms with Crippen molar-refractivity contribution < 1.29 is 9.59 Å². The molecule has 0 unspecified atom stereocenters. The van der Waals surface area contributed by atoms with Crippen molar-refractivity contribution in [3.05, 3.63) is 282 Å². The van der Waals surface area contributed by atoms with E-state index in [1.165, 1.54) is 0 Å². The van der Waals surface area contributed by atoms with E-state index in [1.54, 1.807) is 4.57 Å². The van der Waals surface area contributed by atoms with Gasteiger partial charge in [0.15, 0.2) is 5.78 Å². The van der Waals surface area contributed by atoms with Crippen LogP contribution in [-0.4, -0.2) is 21.2 Å². The summed E-state index contributed by atoms with van der Waals surface area (Å²) in [6, 6.07) is 80.8. The predicted molar refractivity (Wildman–Crippen MR) is 253 cm³/mol. The van der Waals surface area contributed by atoms with Gasteiger partial charge < -0.3 is 0 Å². The topological polar surface area (TPSA) is 52.0 Å². The highest BCUT2D eigenvalue weighted by molar-refractivity contribution is 6.45. The molecule has 9 aromatic rings. The number of hydrogen-bond donors (Lipinski definition) is 0. The van der Waals surface area contributed by atoms with E-state index < -0.39 is 10.8 Å². The van der Waals surface area contributed by atoms with Gasteiger partial charge in [0.2, 0.25) is 0 Å². The second-order valence-electron chi connectivity index (χ2n) is 16.0. The predicted octanol–water partition coefficient (Wildman–Crippen LogP) is 12.9. The highest BCUT2D eigenvalue weighted by Gasteiger charge is 2.73. The molecule has 298 valence electrons. The molecule has 1 aromatic heterocycles. The molecule has 2 aliphatic rings. The van der Waals surface area contributed by atoms with Crippen LogP contribution in [0.2, 0.25) is 0 Å². The Morgan fingerprint density at radius 3 is 1.10 bits per heavy atom. The number of carbonyl (C=O) groups excluding carboxylic acids is 2. The van der Waals surface area contributed by atoms with Crippen molar-refractivity contribution in [2.24, 2.45) is 0 Å². The number of fused-ring (bicyclic) bond motifs is 2. The Balaban J connectivity index is 1.42. The van der Waals surface area contributed by atoms with Crippen LogP contribution < -0.4 is 0 Å². The summed E-state index contributed by atoms with van der Waals surface area (Å²) < 4.78 is 1.80. The largest absolute Gasteiger partial charge is 0.296 e. The summed E-state index contributed by atoms with van der Waals surface area (Å²) in [5.74, 6) is 0.152. The number of aromatic nitrogens is 2. The Hall–Kier alpha value is -8.21. The first kappa shape index (κ1) is 37.8. The lowest BCUT2D eigenvalue weighted by molar-refractivity contribution is -0.121. The van der Waals surface area contributed by atoms with Crippen molar-refractivity contribution in [3.8, 4) is 22.5 Å². The lowest BCUT2D eigenvalue weighted by Crippen LogP contribution is -2.39. The first-order chi connectivity index (χ1) is 31.1. The van der Waals surface area contributed by atoms with Crippen molar-refractivity contribution in [1.29, 1.82) is 0 Å². The molecule has 0 saturated heterocycles. The number of Topliss-reactive ketones (excluding diaryl/α,β-unsaturated/α-hetero) is 1. The number of rotatable bonds is 9. The minimum atomic E-state index is -1.48. The van der Waals surface area contributed by atoms with Crippen molar-refractivity contribution in [1.82, 2.24) is 9.55 Å². The van der Waals surface area contributed by atoms with Crippen LogP contribution in [0.3, 0.4) is 0 Å². The van der Waals surface area contributed by atoms with E-state index in [1.807, 2.05) is 182 Å². The molecule has 11 rings (SSSR count). The summed E-state index contributed by atoms with van der Waals surface area (Å²) in [6.07, 6.45) is 0. The van der Waals surface area contributed by atoms with Gasteiger partial charge in [0, 0.05) is 22.3 Å². The third-order valence-electron chi connectivity index (χ3n) is 12.7. The normalized spacial score (nSPS) is 17.9. The van der Waals surface area contributed by atoms with Gasteiger partial charge in [-0.1, -0.05) is 231 Å². The third-order valence-corrected chi connectivity index (χ3v) is 12.7. The maximum atomic E-state index is 17.3. The Morgan fingerprint density at radius 1 is 0.365 bits per heavy atom. The lowest BCUT2D eigenvalue weighted by atomic mass is 9.63. The van der Waals surface area contributed by atoms with Crippen LogP contribution in [0.25, 0.3) is 44.8 Å². The summed E-state index contributed by atoms with van der Waals surface area (Å²) in [5.41, 5.74) is 8.23. The molecule has 0 amide bonds. The van der Waals surface area contributed by atoms with Crippen LogP contribution in [0, 0.1) is 0 Å². The molecule has 8 aromatic carbocycles. The van der Waals surface area contributed by atoms with Crippen LogP contribution in [0.1, 0.15) is 44.0 Å². The van der Waals surface area contributed by atoms with E-state index in [9.17, 15) is 0 Å². The zero-order valence-corrected chi connectivity index (χ0v) is 34.3. The minimum Gasteiger partial charge on any atom is -0.296 e. The monoisotopic (exact) mass is 808 g/mol. The van der Waals surface area contributed by atoms with E-state index >= 15 is 9.59 Å². The first-order valence-corrected chi connectivity index (χ1v) is 21.3. The number of benzene rings is 8. The molecule has 0 radical (unpaired) electrons. The number of hydrogen-bond acceptors (Lipinski definition) is 3. The number of nitrogens with zero attached hydrogens (tertiary/aromatic N) is 2. The van der Waals surface area contributed by atoms with Crippen LogP contribution >= 0.6 is 0 Å². The van der Waals surface area contributed by atoms with Crippen molar-refractivity contribution >= 4 is 34.0 Å². The summed E-state index contributed by atoms with van der Waals surface area (Å²) in [5, 5.41) is 0. The molecule has 0 saturated carbocycles. The van der Waals surface area contributed by atoms with E-state index in [4.69, 9.17) is 4.98 Å². The maximum Gasteiger partial charge on any atom is 0.264 e. The Bertz CT molecular complexity index is 3200. The smallest absolute Gasteiger partial charge is 0.264 e. The molecule has 4 heteroatoms. The van der Waals surface area contributed by atoms with Crippen LogP contribution in [0.15, 0.2) is 243 Å². The number of imidazole rings is 1. The first-order valence-electron chi connectivity index (χ1n) is 21.3. The lowest BCUT2D eigenvalue weighted by Gasteiger charge is -2.37. The molecule has 4 nitrogen and oxygen atoms in total. The average Bonchev–Trinajstić information content (AvgIpc) is 3.96.